The Hall–Kier alpha value is -1.77. The van der Waals surface area contributed by atoms with Gasteiger partial charge in [-0.25, -0.2) is 0 Å². The molecule has 0 aromatic carbocycles. The molecule has 0 heterocycles. The second-order valence-electron chi connectivity index (χ2n) is 12.9. The lowest BCUT2D eigenvalue weighted by atomic mass is 10.1. The molecule has 10 heteroatoms. The van der Waals surface area contributed by atoms with Gasteiger partial charge in [0, 0.05) is 12.8 Å². The molecular formula is C36H66NO8P. The van der Waals surface area contributed by atoms with Crippen molar-refractivity contribution in [3.63, 3.8) is 0 Å². The van der Waals surface area contributed by atoms with Gasteiger partial charge in [0.1, 0.15) is 19.8 Å². The normalized spacial score (nSPS) is 14.3. The van der Waals surface area contributed by atoms with E-state index in [1.54, 1.807) is 0 Å². The van der Waals surface area contributed by atoms with Crippen molar-refractivity contribution in [3.8, 4) is 0 Å². The molecule has 0 aromatic rings. The van der Waals surface area contributed by atoms with Gasteiger partial charge >= 0.3 is 11.9 Å². The first-order chi connectivity index (χ1) is 22.0. The van der Waals surface area contributed by atoms with Crippen molar-refractivity contribution in [2.24, 2.45) is 0 Å². The number of phosphoric ester groups is 1. The van der Waals surface area contributed by atoms with Crippen molar-refractivity contribution in [1.82, 2.24) is 0 Å². The molecule has 46 heavy (non-hydrogen) atoms. The van der Waals surface area contributed by atoms with Gasteiger partial charge < -0.3 is 27.9 Å². The van der Waals surface area contributed by atoms with Gasteiger partial charge in [0.15, 0.2) is 6.10 Å². The molecule has 0 amide bonds. The minimum absolute atomic E-state index is 0.0370. The number of likely N-dealkylation sites (N-methyl/N-ethyl adjacent to an activating group) is 1. The summed E-state index contributed by atoms with van der Waals surface area (Å²) in [6, 6.07) is 0. The third-order valence-corrected chi connectivity index (χ3v) is 8.13. The topological polar surface area (TPSA) is 111 Å². The van der Waals surface area contributed by atoms with Crippen molar-refractivity contribution in [3.05, 3.63) is 36.5 Å². The van der Waals surface area contributed by atoms with Crippen LogP contribution < -0.4 is 4.89 Å². The number of quaternary nitrogens is 1. The molecule has 0 aliphatic carbocycles. The fraction of sp³-hybridized carbons (Fsp3) is 0.778. The highest BCUT2D eigenvalue weighted by Crippen LogP contribution is 2.38. The Kier molecular flexibility index (Phi) is 28.2. The highest BCUT2D eigenvalue weighted by molar-refractivity contribution is 7.45. The summed E-state index contributed by atoms with van der Waals surface area (Å²) in [5.41, 5.74) is 0. The fourth-order valence-electron chi connectivity index (χ4n) is 4.31. The number of carbonyl (C=O) groups excluding carboxylic acids is 2. The zero-order chi connectivity index (χ0) is 34.4. The van der Waals surface area contributed by atoms with Crippen molar-refractivity contribution < 1.29 is 42.1 Å². The number of carbonyl (C=O) groups is 2. The van der Waals surface area contributed by atoms with Gasteiger partial charge in [-0.05, 0) is 51.4 Å². The summed E-state index contributed by atoms with van der Waals surface area (Å²) in [5, 5.41) is 0. The summed E-state index contributed by atoms with van der Waals surface area (Å²) in [4.78, 5) is 37.0. The lowest BCUT2D eigenvalue weighted by Crippen LogP contribution is -2.37. The van der Waals surface area contributed by atoms with Crippen LogP contribution in [0.5, 0.6) is 0 Å². The van der Waals surface area contributed by atoms with Crippen LogP contribution in [-0.2, 0) is 32.7 Å². The van der Waals surface area contributed by atoms with Gasteiger partial charge in [0.05, 0.1) is 27.7 Å². The maximum Gasteiger partial charge on any atom is 0.306 e. The number of ether oxygens (including phenoxy) is 2. The average Bonchev–Trinajstić information content (AvgIpc) is 2.99. The van der Waals surface area contributed by atoms with Gasteiger partial charge in [0.25, 0.3) is 7.82 Å². The third kappa shape index (κ3) is 32.2. The van der Waals surface area contributed by atoms with Crippen molar-refractivity contribution >= 4 is 19.8 Å². The lowest BCUT2D eigenvalue weighted by Gasteiger charge is -2.28. The maximum atomic E-state index is 12.5. The van der Waals surface area contributed by atoms with Gasteiger partial charge in [-0.15, -0.1) is 0 Å². The van der Waals surface area contributed by atoms with Crippen molar-refractivity contribution in [2.45, 2.75) is 136 Å². The van der Waals surface area contributed by atoms with E-state index in [-0.39, 0.29) is 26.1 Å². The summed E-state index contributed by atoms with van der Waals surface area (Å²) in [7, 11) is 1.14. The first-order valence-electron chi connectivity index (χ1n) is 17.7. The van der Waals surface area contributed by atoms with E-state index in [1.807, 2.05) is 21.1 Å². The van der Waals surface area contributed by atoms with Crippen LogP contribution in [0.3, 0.4) is 0 Å². The molecule has 0 radical (unpaired) electrons. The Balaban J connectivity index is 4.49. The number of unbranched alkanes of at least 4 members (excludes halogenated alkanes) is 11. The molecule has 0 saturated carbocycles. The minimum atomic E-state index is -4.61. The largest absolute Gasteiger partial charge is 0.756 e. The minimum Gasteiger partial charge on any atom is -0.756 e. The SMILES string of the molecule is CCCCC/C=C/C/C=C/C/C=C/CCCCC(=O)OC[C@@H](COP(=O)([O-])OCC[N+](C)(C)C)OC(=O)CCCCCCCCC. The molecule has 2 atom stereocenters. The number of allylic oxidation sites excluding steroid dienone is 6. The zero-order valence-electron chi connectivity index (χ0n) is 29.8. The fourth-order valence-corrected chi connectivity index (χ4v) is 5.03. The number of rotatable bonds is 31. The second kappa shape index (κ2) is 29.4. The molecule has 1 unspecified atom stereocenters. The Morgan fingerprint density at radius 3 is 1.78 bits per heavy atom. The summed E-state index contributed by atoms with van der Waals surface area (Å²) in [5.74, 6) is -0.891. The van der Waals surface area contributed by atoms with Gasteiger partial charge in [-0.3, -0.25) is 14.2 Å². The quantitative estimate of drug-likeness (QED) is 0.0238. The summed E-state index contributed by atoms with van der Waals surface area (Å²) in [6.45, 7) is 4.06. The Bertz CT molecular complexity index is 897. The van der Waals surface area contributed by atoms with Gasteiger partial charge in [0.2, 0.25) is 0 Å². The van der Waals surface area contributed by atoms with Crippen molar-refractivity contribution in [2.75, 3.05) is 47.5 Å². The van der Waals surface area contributed by atoms with E-state index in [9.17, 15) is 19.0 Å². The van der Waals surface area contributed by atoms with Crippen LogP contribution in [0.4, 0.5) is 0 Å². The molecule has 0 N–H and O–H groups in total. The molecule has 0 rings (SSSR count). The molecule has 0 bridgehead atoms. The molecule has 0 spiro atoms. The standard InChI is InChI=1S/C36H66NO8P/c1-6-8-10-12-14-15-16-17-18-19-20-21-23-24-26-28-35(38)42-32-34(33-44-46(40,41)43-31-30-37(3,4)5)45-36(39)29-27-25-22-13-11-9-7-2/h14-15,17-18,20-21,34H,6-13,16,19,22-33H2,1-5H3/b15-14+,18-17+,21-20+/t34-/m0/s1. The number of hydrogen-bond donors (Lipinski definition) is 0. The number of nitrogens with zero attached hydrogens (tertiary/aromatic N) is 1. The van der Waals surface area contributed by atoms with E-state index in [1.165, 1.54) is 38.5 Å². The summed E-state index contributed by atoms with van der Waals surface area (Å²) >= 11 is 0. The molecule has 0 aliphatic rings. The van der Waals surface area contributed by atoms with Crippen LogP contribution in [0, 0.1) is 0 Å². The third-order valence-electron chi connectivity index (χ3n) is 7.16. The highest BCUT2D eigenvalue weighted by Gasteiger charge is 2.21. The van der Waals surface area contributed by atoms with Crippen molar-refractivity contribution in [1.29, 1.82) is 0 Å². The van der Waals surface area contributed by atoms with Gasteiger partial charge in [-0.1, -0.05) is 102 Å². The van der Waals surface area contributed by atoms with Crippen LogP contribution in [0.1, 0.15) is 129 Å². The smallest absolute Gasteiger partial charge is 0.306 e. The molecule has 9 nitrogen and oxygen atoms in total. The average molecular weight is 672 g/mol. The van der Waals surface area contributed by atoms with Crippen LogP contribution in [-0.4, -0.2) is 70.0 Å². The highest BCUT2D eigenvalue weighted by atomic mass is 31.2. The first kappa shape index (κ1) is 44.2. The summed E-state index contributed by atoms with van der Waals surface area (Å²) < 4.78 is 33.5. The molecule has 268 valence electrons. The Morgan fingerprint density at radius 1 is 0.674 bits per heavy atom. The molecule has 0 aromatic heterocycles. The van der Waals surface area contributed by atoms with Crippen LogP contribution in [0.15, 0.2) is 36.5 Å². The molecule has 0 aliphatic heterocycles. The number of phosphoric acid groups is 1. The van der Waals surface area contributed by atoms with E-state index in [2.05, 4.69) is 50.3 Å². The van der Waals surface area contributed by atoms with E-state index in [0.29, 0.717) is 23.9 Å². The van der Waals surface area contributed by atoms with E-state index in [0.717, 1.165) is 51.4 Å². The second-order valence-corrected chi connectivity index (χ2v) is 14.3. The first-order valence-corrected chi connectivity index (χ1v) is 19.2. The lowest BCUT2D eigenvalue weighted by molar-refractivity contribution is -0.870. The molecule has 0 fully saturated rings. The number of hydrogen-bond acceptors (Lipinski definition) is 8. The van der Waals surface area contributed by atoms with E-state index < -0.39 is 32.5 Å². The Labute approximate surface area is 281 Å². The van der Waals surface area contributed by atoms with Crippen LogP contribution >= 0.6 is 7.82 Å². The summed E-state index contributed by atoms with van der Waals surface area (Å²) in [6.07, 6.45) is 29.1. The Morgan fingerprint density at radius 2 is 1.17 bits per heavy atom. The van der Waals surface area contributed by atoms with Crippen LogP contribution in [0.25, 0.3) is 0 Å². The maximum absolute atomic E-state index is 12.5. The predicted molar refractivity (Wildman–Crippen MR) is 185 cm³/mol. The molecule has 0 saturated heterocycles. The number of esters is 2. The van der Waals surface area contributed by atoms with E-state index >= 15 is 0 Å². The zero-order valence-corrected chi connectivity index (χ0v) is 30.7. The monoisotopic (exact) mass is 671 g/mol. The van der Waals surface area contributed by atoms with E-state index in [4.69, 9.17) is 18.5 Å². The van der Waals surface area contributed by atoms with Gasteiger partial charge in [-0.2, -0.15) is 0 Å². The molecular weight excluding hydrogens is 605 g/mol. The predicted octanol–water partition coefficient (Wildman–Crippen LogP) is 8.38. The van der Waals surface area contributed by atoms with Crippen LogP contribution in [0.2, 0.25) is 0 Å².